The van der Waals surface area contributed by atoms with Crippen molar-refractivity contribution >= 4 is 40.4 Å². The molecule has 0 atom stereocenters. The van der Waals surface area contributed by atoms with Crippen LogP contribution in [-0.2, 0) is 15.0 Å². The van der Waals surface area contributed by atoms with E-state index in [0.717, 1.165) is 33.4 Å². The zero-order valence-electron chi connectivity index (χ0n) is 21.4. The average molecular weight is 507 g/mol. The molecule has 4 aliphatic carbocycles. The maximum Gasteiger partial charge on any atom is 0.335 e. The van der Waals surface area contributed by atoms with Crippen molar-refractivity contribution in [3.63, 3.8) is 0 Å². The highest BCUT2D eigenvalue weighted by Gasteiger charge is 2.51. The summed E-state index contributed by atoms with van der Waals surface area (Å²) in [4.78, 5) is 40.3. The van der Waals surface area contributed by atoms with Gasteiger partial charge < -0.3 is 4.74 Å². The summed E-state index contributed by atoms with van der Waals surface area (Å²) < 4.78 is 5.47. The fourth-order valence-electron chi connectivity index (χ4n) is 8.07. The summed E-state index contributed by atoms with van der Waals surface area (Å²) in [6.45, 7) is 0. The molecular formula is C32H30N2O4. The van der Waals surface area contributed by atoms with Gasteiger partial charge >= 0.3 is 6.03 Å². The van der Waals surface area contributed by atoms with Gasteiger partial charge in [-0.15, -0.1) is 0 Å². The van der Waals surface area contributed by atoms with E-state index in [1.54, 1.807) is 13.2 Å². The lowest BCUT2D eigenvalue weighted by Gasteiger charge is -2.57. The van der Waals surface area contributed by atoms with Gasteiger partial charge in [0.15, 0.2) is 0 Å². The molecule has 6 heteroatoms. The molecule has 38 heavy (non-hydrogen) atoms. The highest BCUT2D eigenvalue weighted by molar-refractivity contribution is 6.39. The molecule has 4 bridgehead atoms. The molecule has 4 saturated carbocycles. The number of carbonyl (C=O) groups excluding carboxylic acids is 3. The maximum absolute atomic E-state index is 13.6. The van der Waals surface area contributed by atoms with Crippen molar-refractivity contribution in [2.75, 3.05) is 12.0 Å². The van der Waals surface area contributed by atoms with Crippen LogP contribution in [0.5, 0.6) is 5.75 Å². The molecular weight excluding hydrogens is 476 g/mol. The lowest BCUT2D eigenvalue weighted by Crippen LogP contribution is -2.54. The van der Waals surface area contributed by atoms with Crippen molar-refractivity contribution in [1.82, 2.24) is 5.32 Å². The van der Waals surface area contributed by atoms with E-state index >= 15 is 0 Å². The van der Waals surface area contributed by atoms with Gasteiger partial charge in [0.25, 0.3) is 11.8 Å². The van der Waals surface area contributed by atoms with Gasteiger partial charge in [-0.05, 0) is 102 Å². The molecule has 5 fully saturated rings. The van der Waals surface area contributed by atoms with E-state index in [0.29, 0.717) is 17.0 Å². The van der Waals surface area contributed by atoms with Gasteiger partial charge in [-0.1, -0.05) is 42.5 Å². The van der Waals surface area contributed by atoms with Crippen LogP contribution in [0.1, 0.15) is 49.7 Å². The number of urea groups is 1. The maximum atomic E-state index is 13.6. The number of imide groups is 2. The third-order valence-corrected chi connectivity index (χ3v) is 9.32. The van der Waals surface area contributed by atoms with Crippen LogP contribution >= 0.6 is 0 Å². The Bertz CT molecular complexity index is 1480. The Morgan fingerprint density at radius 3 is 2.11 bits per heavy atom. The summed E-state index contributed by atoms with van der Waals surface area (Å²) in [5.74, 6) is 1.90. The van der Waals surface area contributed by atoms with E-state index in [9.17, 15) is 14.4 Å². The van der Waals surface area contributed by atoms with Crippen LogP contribution in [0, 0.1) is 17.8 Å². The van der Waals surface area contributed by atoms with E-state index < -0.39 is 17.8 Å². The predicted octanol–water partition coefficient (Wildman–Crippen LogP) is 5.98. The molecule has 6 nitrogen and oxygen atoms in total. The molecule has 3 aromatic carbocycles. The number of hydrogen-bond donors (Lipinski definition) is 1. The third kappa shape index (κ3) is 3.57. The van der Waals surface area contributed by atoms with Crippen LogP contribution in [-0.4, -0.2) is 25.0 Å². The molecule has 3 aromatic rings. The average Bonchev–Trinajstić information content (AvgIpc) is 2.90. The summed E-state index contributed by atoms with van der Waals surface area (Å²) in [6, 6.07) is 18.5. The van der Waals surface area contributed by atoms with E-state index in [-0.39, 0.29) is 11.0 Å². The number of methoxy groups -OCH3 is 1. The Hall–Kier alpha value is -3.93. The van der Waals surface area contributed by atoms with Crippen LogP contribution in [0.25, 0.3) is 16.8 Å². The van der Waals surface area contributed by atoms with Crippen LogP contribution in [0.2, 0.25) is 0 Å². The zero-order chi connectivity index (χ0) is 26.0. The molecule has 0 spiro atoms. The van der Waals surface area contributed by atoms with Gasteiger partial charge in [-0.25, -0.2) is 9.69 Å². The number of rotatable bonds is 4. The summed E-state index contributed by atoms with van der Waals surface area (Å²) in [5, 5.41) is 4.08. The highest BCUT2D eigenvalue weighted by atomic mass is 16.5. The Kier molecular flexibility index (Phi) is 5.22. The number of nitrogens with one attached hydrogen (secondary N) is 1. The summed E-state index contributed by atoms with van der Waals surface area (Å²) >= 11 is 0. The Balaban J connectivity index is 1.22. The molecule has 4 amide bonds. The standard InChI is InChI=1S/C32H30N2O4/c1-38-28-11-6-22(25-4-2-3-5-26(25)28)15-27-29(35)33-31(37)34(30(27)36)24-9-7-23(8-10-24)32-16-19-12-20(17-32)14-21(13-19)18-32/h2-11,15,19-21H,12-14,16-18H2,1H3,(H,33,35,37)/b27-15+. The number of carbonyl (C=O) groups is 3. The first-order valence-corrected chi connectivity index (χ1v) is 13.5. The van der Waals surface area contributed by atoms with Crippen molar-refractivity contribution in [1.29, 1.82) is 0 Å². The predicted molar refractivity (Wildman–Crippen MR) is 146 cm³/mol. The number of benzene rings is 3. The van der Waals surface area contributed by atoms with Gasteiger partial charge in [-0.3, -0.25) is 14.9 Å². The number of nitrogens with zero attached hydrogens (tertiary/aromatic N) is 1. The molecule has 8 rings (SSSR count). The van der Waals surface area contributed by atoms with Crippen LogP contribution < -0.4 is 15.0 Å². The van der Waals surface area contributed by atoms with Gasteiger partial charge in [0.2, 0.25) is 0 Å². The summed E-state index contributed by atoms with van der Waals surface area (Å²) in [5.41, 5.74) is 2.65. The van der Waals surface area contributed by atoms with Gasteiger partial charge in [0.1, 0.15) is 11.3 Å². The van der Waals surface area contributed by atoms with Crippen LogP contribution in [0.3, 0.4) is 0 Å². The van der Waals surface area contributed by atoms with Crippen LogP contribution in [0.4, 0.5) is 10.5 Å². The number of hydrogen-bond acceptors (Lipinski definition) is 4. The monoisotopic (exact) mass is 506 g/mol. The zero-order valence-corrected chi connectivity index (χ0v) is 21.4. The molecule has 1 aliphatic heterocycles. The quantitative estimate of drug-likeness (QED) is 0.349. The fourth-order valence-corrected chi connectivity index (χ4v) is 8.07. The van der Waals surface area contributed by atoms with E-state index in [1.165, 1.54) is 44.1 Å². The summed E-state index contributed by atoms with van der Waals surface area (Å²) in [6.07, 6.45) is 9.45. The normalized spacial score (nSPS) is 29.3. The molecule has 0 aromatic heterocycles. The lowest BCUT2D eigenvalue weighted by molar-refractivity contribution is -0.122. The van der Waals surface area contributed by atoms with Crippen LogP contribution in [0.15, 0.2) is 66.2 Å². The second-order valence-electron chi connectivity index (χ2n) is 11.6. The van der Waals surface area contributed by atoms with Gasteiger partial charge in [0.05, 0.1) is 12.8 Å². The van der Waals surface area contributed by atoms with Gasteiger partial charge in [0, 0.05) is 5.39 Å². The molecule has 1 saturated heterocycles. The number of ether oxygens (including phenoxy) is 1. The van der Waals surface area contributed by atoms with Crippen molar-refractivity contribution in [2.45, 2.75) is 43.9 Å². The Labute approximate surface area is 221 Å². The van der Waals surface area contributed by atoms with E-state index in [1.807, 2.05) is 48.5 Å². The topological polar surface area (TPSA) is 75.7 Å². The number of anilines is 1. The first-order valence-electron chi connectivity index (χ1n) is 13.5. The molecule has 1 N–H and O–H groups in total. The fraction of sp³-hybridized carbons (Fsp3) is 0.344. The Morgan fingerprint density at radius 2 is 1.47 bits per heavy atom. The smallest absolute Gasteiger partial charge is 0.335 e. The molecule has 192 valence electrons. The minimum atomic E-state index is -0.723. The number of fused-ring (bicyclic) bond motifs is 1. The largest absolute Gasteiger partial charge is 0.496 e. The number of barbiturate groups is 1. The second-order valence-corrected chi connectivity index (χ2v) is 11.6. The molecule has 0 radical (unpaired) electrons. The molecule has 5 aliphatic rings. The molecule has 0 unspecified atom stereocenters. The first kappa shape index (κ1) is 23.2. The Morgan fingerprint density at radius 1 is 0.842 bits per heavy atom. The van der Waals surface area contributed by atoms with Crippen molar-refractivity contribution in [3.8, 4) is 5.75 Å². The van der Waals surface area contributed by atoms with Crippen molar-refractivity contribution < 1.29 is 19.1 Å². The number of amides is 4. The highest BCUT2D eigenvalue weighted by Crippen LogP contribution is 2.60. The lowest BCUT2D eigenvalue weighted by atomic mass is 9.48. The van der Waals surface area contributed by atoms with E-state index in [4.69, 9.17) is 4.74 Å². The SMILES string of the molecule is COc1ccc(/C=C2\C(=O)NC(=O)N(c3ccc(C45CC6CC(CC(C6)C4)C5)cc3)C2=O)c2ccccc12. The first-order chi connectivity index (χ1) is 18.4. The molecule has 1 heterocycles. The minimum Gasteiger partial charge on any atom is -0.496 e. The third-order valence-electron chi connectivity index (χ3n) is 9.32. The van der Waals surface area contributed by atoms with Gasteiger partial charge in [-0.2, -0.15) is 0 Å². The summed E-state index contributed by atoms with van der Waals surface area (Å²) in [7, 11) is 1.61. The van der Waals surface area contributed by atoms with E-state index in [2.05, 4.69) is 17.4 Å². The second kappa shape index (κ2) is 8.55. The van der Waals surface area contributed by atoms with Crippen molar-refractivity contribution in [2.24, 2.45) is 17.8 Å². The van der Waals surface area contributed by atoms with Crippen molar-refractivity contribution in [3.05, 3.63) is 77.4 Å². The minimum absolute atomic E-state index is 0.0786.